The number of benzene rings is 2. The summed E-state index contributed by atoms with van der Waals surface area (Å²) in [5.41, 5.74) is 3.23. The molecule has 1 unspecified atom stereocenters. The first-order chi connectivity index (χ1) is 14.3. The summed E-state index contributed by atoms with van der Waals surface area (Å²) in [6.45, 7) is 10.0. The normalized spacial score (nSPS) is 15.0. The van der Waals surface area contributed by atoms with Crippen LogP contribution in [0.2, 0.25) is 0 Å². The maximum Gasteiger partial charge on any atom is 0.216 e. The maximum absolute atomic E-state index is 12.2. The number of hydrogen-bond donors (Lipinski definition) is 2. The molecule has 0 aliphatic carbocycles. The predicted molar refractivity (Wildman–Crippen MR) is 116 cm³/mol. The molecule has 0 radical (unpaired) electrons. The van der Waals surface area contributed by atoms with Gasteiger partial charge in [0.25, 0.3) is 0 Å². The molecule has 1 aliphatic heterocycles. The van der Waals surface area contributed by atoms with Gasteiger partial charge >= 0.3 is 0 Å². The van der Waals surface area contributed by atoms with E-state index in [1.165, 1.54) is 23.3 Å². The van der Waals surface area contributed by atoms with E-state index in [1.54, 1.807) is 13.8 Å². The fraction of sp³-hybridized carbons (Fsp3) is 0.458. The number of nitrogens with one attached hydrogen (secondary N) is 2. The van der Waals surface area contributed by atoms with Gasteiger partial charge in [0.1, 0.15) is 17.4 Å². The molecule has 6 heteroatoms. The molecule has 2 N–H and O–H groups in total. The SMILES string of the molecule is CC(=O)NCCCNC1CCOc2ccc(C(C)C)cc21.Cc1cc(F)cc(F)c1. The summed E-state index contributed by atoms with van der Waals surface area (Å²) < 4.78 is 30.1. The fourth-order valence-electron chi connectivity index (χ4n) is 3.30. The molecule has 0 saturated heterocycles. The summed E-state index contributed by atoms with van der Waals surface area (Å²) in [6.07, 6.45) is 1.94. The van der Waals surface area contributed by atoms with Crippen LogP contribution in [0.15, 0.2) is 36.4 Å². The van der Waals surface area contributed by atoms with Crippen molar-refractivity contribution in [2.75, 3.05) is 19.7 Å². The molecule has 1 heterocycles. The standard InChI is InChI=1S/C17H26N2O2.C7H6F2/c1-12(2)14-5-6-17-15(11-14)16(7-10-21-17)19-9-4-8-18-13(3)20;1-5-2-6(8)4-7(9)3-5/h5-6,11-12,16,19H,4,7-10H2,1-3H3,(H,18,20);2-4H,1H3. The lowest BCUT2D eigenvalue weighted by Gasteiger charge is -2.28. The Labute approximate surface area is 178 Å². The van der Waals surface area contributed by atoms with Gasteiger partial charge in [-0.15, -0.1) is 0 Å². The second-order valence-electron chi connectivity index (χ2n) is 7.88. The Morgan fingerprint density at radius 3 is 2.43 bits per heavy atom. The third kappa shape index (κ3) is 7.75. The average Bonchev–Trinajstić information content (AvgIpc) is 2.66. The Bertz CT molecular complexity index is 789. The van der Waals surface area contributed by atoms with Crippen LogP contribution in [0.1, 0.15) is 62.3 Å². The van der Waals surface area contributed by atoms with Crippen LogP contribution in [0.4, 0.5) is 8.78 Å². The van der Waals surface area contributed by atoms with E-state index in [2.05, 4.69) is 42.7 Å². The third-order valence-corrected chi connectivity index (χ3v) is 4.87. The van der Waals surface area contributed by atoms with Crippen molar-refractivity contribution in [1.29, 1.82) is 0 Å². The van der Waals surface area contributed by atoms with E-state index in [1.807, 2.05) is 0 Å². The molecular weight excluding hydrogens is 386 g/mol. The molecule has 0 aromatic heterocycles. The van der Waals surface area contributed by atoms with Gasteiger partial charge in [-0.1, -0.05) is 26.0 Å². The van der Waals surface area contributed by atoms with E-state index in [-0.39, 0.29) is 5.91 Å². The summed E-state index contributed by atoms with van der Waals surface area (Å²) in [4.78, 5) is 10.8. The molecule has 0 spiro atoms. The first-order valence-electron chi connectivity index (χ1n) is 10.4. The summed E-state index contributed by atoms with van der Waals surface area (Å²) in [6, 6.07) is 10.3. The molecule has 164 valence electrons. The molecule has 0 saturated carbocycles. The van der Waals surface area contributed by atoms with Crippen LogP contribution in [0, 0.1) is 18.6 Å². The Hall–Kier alpha value is -2.47. The maximum atomic E-state index is 12.2. The van der Waals surface area contributed by atoms with Gasteiger partial charge in [0.2, 0.25) is 5.91 Å². The van der Waals surface area contributed by atoms with Crippen LogP contribution in [0.3, 0.4) is 0 Å². The zero-order valence-electron chi connectivity index (χ0n) is 18.2. The Morgan fingerprint density at radius 1 is 1.13 bits per heavy atom. The Balaban J connectivity index is 0.000000297. The number of halogens is 2. The number of rotatable bonds is 6. The minimum absolute atomic E-state index is 0.0352. The first-order valence-corrected chi connectivity index (χ1v) is 10.4. The summed E-state index contributed by atoms with van der Waals surface area (Å²) >= 11 is 0. The predicted octanol–water partition coefficient (Wildman–Crippen LogP) is 5.02. The lowest BCUT2D eigenvalue weighted by molar-refractivity contribution is -0.118. The van der Waals surface area contributed by atoms with Gasteiger partial charge in [-0.05, 0) is 55.1 Å². The molecule has 3 rings (SSSR count). The topological polar surface area (TPSA) is 50.4 Å². The molecule has 0 bridgehead atoms. The number of amides is 1. The molecule has 1 atom stereocenters. The highest BCUT2D eigenvalue weighted by Gasteiger charge is 2.21. The van der Waals surface area contributed by atoms with Crippen molar-refractivity contribution in [3.63, 3.8) is 0 Å². The minimum Gasteiger partial charge on any atom is -0.493 e. The molecule has 2 aromatic carbocycles. The van der Waals surface area contributed by atoms with E-state index in [0.717, 1.165) is 44.4 Å². The average molecular weight is 419 g/mol. The van der Waals surface area contributed by atoms with Gasteiger partial charge in [-0.25, -0.2) is 8.78 Å². The second kappa shape index (κ2) is 11.6. The molecule has 1 amide bonds. The number of aryl methyl sites for hydroxylation is 1. The molecular formula is C24H32F2N2O2. The van der Waals surface area contributed by atoms with Gasteiger partial charge in [0.15, 0.2) is 0 Å². The first kappa shape index (κ1) is 23.8. The quantitative estimate of drug-likeness (QED) is 0.648. The molecule has 2 aromatic rings. The van der Waals surface area contributed by atoms with E-state index >= 15 is 0 Å². The van der Waals surface area contributed by atoms with Crippen LogP contribution in [-0.2, 0) is 4.79 Å². The zero-order valence-corrected chi connectivity index (χ0v) is 18.2. The summed E-state index contributed by atoms with van der Waals surface area (Å²) in [5.74, 6) is 0.524. The molecule has 30 heavy (non-hydrogen) atoms. The number of hydrogen-bond acceptors (Lipinski definition) is 3. The van der Waals surface area contributed by atoms with Gasteiger partial charge in [0.05, 0.1) is 6.61 Å². The number of carbonyl (C=O) groups is 1. The Morgan fingerprint density at radius 2 is 1.83 bits per heavy atom. The van der Waals surface area contributed by atoms with Crippen LogP contribution < -0.4 is 15.4 Å². The highest BCUT2D eigenvalue weighted by molar-refractivity contribution is 5.72. The summed E-state index contributed by atoms with van der Waals surface area (Å²) in [5, 5.41) is 6.41. The van der Waals surface area contributed by atoms with Crippen molar-refractivity contribution in [3.8, 4) is 5.75 Å². The fourth-order valence-corrected chi connectivity index (χ4v) is 3.30. The van der Waals surface area contributed by atoms with Crippen molar-refractivity contribution in [1.82, 2.24) is 10.6 Å². The Kier molecular flexibility index (Phi) is 9.24. The number of carbonyl (C=O) groups excluding carboxylic acids is 1. The molecule has 4 nitrogen and oxygen atoms in total. The summed E-state index contributed by atoms with van der Waals surface area (Å²) in [7, 11) is 0. The number of fused-ring (bicyclic) bond motifs is 1. The zero-order chi connectivity index (χ0) is 22.1. The van der Waals surface area contributed by atoms with E-state index < -0.39 is 11.6 Å². The highest BCUT2D eigenvalue weighted by Crippen LogP contribution is 2.34. The highest BCUT2D eigenvalue weighted by atomic mass is 19.1. The van der Waals surface area contributed by atoms with E-state index in [0.29, 0.717) is 17.5 Å². The minimum atomic E-state index is -0.521. The molecule has 0 fully saturated rings. The van der Waals surface area contributed by atoms with Crippen LogP contribution in [0.5, 0.6) is 5.75 Å². The number of ether oxygens (including phenoxy) is 1. The monoisotopic (exact) mass is 418 g/mol. The smallest absolute Gasteiger partial charge is 0.216 e. The van der Waals surface area contributed by atoms with E-state index in [9.17, 15) is 13.6 Å². The van der Waals surface area contributed by atoms with Gasteiger partial charge in [-0.2, -0.15) is 0 Å². The third-order valence-electron chi connectivity index (χ3n) is 4.87. The largest absolute Gasteiger partial charge is 0.493 e. The van der Waals surface area contributed by atoms with Gasteiger partial charge in [-0.3, -0.25) is 4.79 Å². The van der Waals surface area contributed by atoms with Crippen molar-refractivity contribution in [3.05, 3.63) is 64.7 Å². The van der Waals surface area contributed by atoms with Gasteiger partial charge < -0.3 is 15.4 Å². The lowest BCUT2D eigenvalue weighted by atomic mass is 9.94. The second-order valence-corrected chi connectivity index (χ2v) is 7.88. The van der Waals surface area contributed by atoms with E-state index in [4.69, 9.17) is 4.74 Å². The van der Waals surface area contributed by atoms with Crippen molar-refractivity contribution < 1.29 is 18.3 Å². The van der Waals surface area contributed by atoms with Crippen LogP contribution >= 0.6 is 0 Å². The van der Waals surface area contributed by atoms with Crippen molar-refractivity contribution in [2.24, 2.45) is 0 Å². The van der Waals surface area contributed by atoms with Crippen LogP contribution in [-0.4, -0.2) is 25.6 Å². The lowest BCUT2D eigenvalue weighted by Crippen LogP contribution is -2.30. The van der Waals surface area contributed by atoms with Crippen molar-refractivity contribution >= 4 is 5.91 Å². The van der Waals surface area contributed by atoms with Gasteiger partial charge in [0, 0.05) is 37.6 Å². The van der Waals surface area contributed by atoms with Crippen LogP contribution in [0.25, 0.3) is 0 Å². The van der Waals surface area contributed by atoms with Crippen molar-refractivity contribution in [2.45, 2.75) is 52.5 Å². The molecule has 1 aliphatic rings.